The summed E-state index contributed by atoms with van der Waals surface area (Å²) >= 11 is 0. The van der Waals surface area contributed by atoms with Gasteiger partial charge in [0.25, 0.3) is 0 Å². The van der Waals surface area contributed by atoms with Crippen LogP contribution < -0.4 is 0 Å². The highest BCUT2D eigenvalue weighted by molar-refractivity contribution is 6.14. The van der Waals surface area contributed by atoms with Gasteiger partial charge in [0, 0.05) is 5.69 Å². The first-order valence-corrected chi connectivity index (χ1v) is 19.7. The highest BCUT2D eigenvalue weighted by Crippen LogP contribution is 2.42. The number of hydrogen-bond donors (Lipinski definition) is 0. The molecule has 0 aliphatic carbocycles. The van der Waals surface area contributed by atoms with E-state index in [0.717, 1.165) is 17.1 Å². The predicted octanol–water partition coefficient (Wildman–Crippen LogP) is 15.4. The standard InChI is InChI=1S/C56H37N/c1-3-13-40(14-4-1)54-31-32-55(41-15-5-2-6-16-41)57(54)51-29-27-42(28-30-51)56-52-36-47(45-21-19-38-11-7-9-17-43(38)33-45)23-25-49(52)35-50-26-24-48(37-53(50)56)46-22-20-39-12-8-10-18-44(39)34-46/h1-37H. The Morgan fingerprint density at radius 3 is 1.09 bits per heavy atom. The van der Waals surface area contributed by atoms with E-state index >= 15 is 0 Å². The third-order valence-electron chi connectivity index (χ3n) is 11.6. The summed E-state index contributed by atoms with van der Waals surface area (Å²) in [6.07, 6.45) is 0. The van der Waals surface area contributed by atoms with Gasteiger partial charge in [0.1, 0.15) is 0 Å². The molecule has 266 valence electrons. The molecular formula is C56H37N. The lowest BCUT2D eigenvalue weighted by Crippen LogP contribution is -1.99. The SMILES string of the molecule is c1ccc(-c2ccc(-c3ccccc3)n2-c2ccc(-c3c4cc(-c5ccc6ccccc6c5)ccc4cc4ccc(-c5ccc6ccccc6c5)cc34)cc2)cc1. The summed E-state index contributed by atoms with van der Waals surface area (Å²) < 4.78 is 2.39. The minimum Gasteiger partial charge on any atom is -0.309 e. The van der Waals surface area contributed by atoms with E-state index in [1.807, 2.05) is 0 Å². The van der Waals surface area contributed by atoms with Crippen LogP contribution in [0.5, 0.6) is 0 Å². The molecule has 57 heavy (non-hydrogen) atoms. The van der Waals surface area contributed by atoms with Crippen LogP contribution in [0.2, 0.25) is 0 Å². The molecule has 10 aromatic carbocycles. The highest BCUT2D eigenvalue weighted by atomic mass is 15.0. The van der Waals surface area contributed by atoms with Crippen molar-refractivity contribution in [3.05, 3.63) is 224 Å². The van der Waals surface area contributed by atoms with Crippen LogP contribution in [0.15, 0.2) is 224 Å². The zero-order chi connectivity index (χ0) is 37.7. The lowest BCUT2D eigenvalue weighted by molar-refractivity contribution is 1.10. The molecule has 0 saturated heterocycles. The second-order valence-electron chi connectivity index (χ2n) is 15.0. The molecular weight excluding hydrogens is 687 g/mol. The molecule has 1 heteroatoms. The van der Waals surface area contributed by atoms with Gasteiger partial charge < -0.3 is 4.57 Å². The van der Waals surface area contributed by atoms with E-state index in [2.05, 4.69) is 229 Å². The zero-order valence-corrected chi connectivity index (χ0v) is 31.3. The van der Waals surface area contributed by atoms with Crippen molar-refractivity contribution in [3.63, 3.8) is 0 Å². The maximum atomic E-state index is 2.40. The first-order valence-electron chi connectivity index (χ1n) is 19.7. The van der Waals surface area contributed by atoms with Gasteiger partial charge in [-0.15, -0.1) is 0 Å². The molecule has 0 radical (unpaired) electrons. The topological polar surface area (TPSA) is 4.93 Å². The van der Waals surface area contributed by atoms with Gasteiger partial charge in [0.2, 0.25) is 0 Å². The molecule has 0 spiro atoms. The van der Waals surface area contributed by atoms with Gasteiger partial charge in [-0.3, -0.25) is 0 Å². The van der Waals surface area contributed by atoms with Crippen molar-refractivity contribution in [2.75, 3.05) is 0 Å². The lowest BCUT2D eigenvalue weighted by atomic mass is 9.88. The number of nitrogens with zero attached hydrogens (tertiary/aromatic N) is 1. The van der Waals surface area contributed by atoms with E-state index < -0.39 is 0 Å². The molecule has 0 fully saturated rings. The molecule has 0 saturated carbocycles. The summed E-state index contributed by atoms with van der Waals surface area (Å²) in [5, 5.41) is 9.95. The van der Waals surface area contributed by atoms with Gasteiger partial charge in [-0.1, -0.05) is 170 Å². The fraction of sp³-hybridized carbons (Fsp3) is 0. The van der Waals surface area contributed by atoms with Gasteiger partial charge in [0.15, 0.2) is 0 Å². The second kappa shape index (κ2) is 13.7. The molecule has 1 heterocycles. The van der Waals surface area contributed by atoms with E-state index in [1.54, 1.807) is 0 Å². The van der Waals surface area contributed by atoms with E-state index in [9.17, 15) is 0 Å². The van der Waals surface area contributed by atoms with Gasteiger partial charge in [-0.05, 0) is 142 Å². The van der Waals surface area contributed by atoms with E-state index in [1.165, 1.54) is 87.6 Å². The minimum absolute atomic E-state index is 1.12. The van der Waals surface area contributed by atoms with Gasteiger partial charge >= 0.3 is 0 Å². The summed E-state index contributed by atoms with van der Waals surface area (Å²) in [6, 6.07) is 82.2. The number of rotatable bonds is 6. The molecule has 0 unspecified atom stereocenters. The smallest absolute Gasteiger partial charge is 0.0535 e. The van der Waals surface area contributed by atoms with Crippen molar-refractivity contribution in [2.24, 2.45) is 0 Å². The maximum Gasteiger partial charge on any atom is 0.0535 e. The van der Waals surface area contributed by atoms with Crippen LogP contribution in [0.4, 0.5) is 0 Å². The highest BCUT2D eigenvalue weighted by Gasteiger charge is 2.17. The van der Waals surface area contributed by atoms with E-state index in [-0.39, 0.29) is 0 Å². The van der Waals surface area contributed by atoms with Crippen LogP contribution in [0.1, 0.15) is 0 Å². The van der Waals surface area contributed by atoms with Crippen molar-refractivity contribution in [1.29, 1.82) is 0 Å². The van der Waals surface area contributed by atoms with Crippen molar-refractivity contribution < 1.29 is 0 Å². The average molecular weight is 724 g/mol. The number of hydrogen-bond acceptors (Lipinski definition) is 0. The molecule has 11 rings (SSSR count). The number of benzene rings is 10. The molecule has 11 aromatic rings. The van der Waals surface area contributed by atoms with Gasteiger partial charge in [-0.25, -0.2) is 0 Å². The molecule has 0 atom stereocenters. The molecule has 0 amide bonds. The van der Waals surface area contributed by atoms with Crippen LogP contribution in [0, 0.1) is 0 Å². The Hall–Kier alpha value is -7.48. The Labute approximate surface area is 332 Å². The third-order valence-corrected chi connectivity index (χ3v) is 11.6. The van der Waals surface area contributed by atoms with Crippen LogP contribution in [-0.2, 0) is 0 Å². The Kier molecular flexibility index (Phi) is 7.89. The zero-order valence-electron chi connectivity index (χ0n) is 31.3. The predicted molar refractivity (Wildman–Crippen MR) is 243 cm³/mol. The summed E-state index contributed by atoms with van der Waals surface area (Å²) in [5.41, 5.74) is 13.1. The van der Waals surface area contributed by atoms with Crippen LogP contribution in [0.25, 0.3) is 105 Å². The molecule has 0 aliphatic rings. The first-order chi connectivity index (χ1) is 28.2. The summed E-state index contributed by atoms with van der Waals surface area (Å²) in [5.74, 6) is 0. The Morgan fingerprint density at radius 1 is 0.228 bits per heavy atom. The normalized spacial score (nSPS) is 11.5. The fourth-order valence-electron chi connectivity index (χ4n) is 8.68. The summed E-state index contributed by atoms with van der Waals surface area (Å²) in [4.78, 5) is 0. The van der Waals surface area contributed by atoms with Crippen LogP contribution >= 0.6 is 0 Å². The quantitative estimate of drug-likeness (QED) is 0.151. The van der Waals surface area contributed by atoms with Crippen molar-refractivity contribution in [2.45, 2.75) is 0 Å². The van der Waals surface area contributed by atoms with Gasteiger partial charge in [-0.2, -0.15) is 0 Å². The van der Waals surface area contributed by atoms with Crippen LogP contribution in [-0.4, -0.2) is 4.57 Å². The number of fused-ring (bicyclic) bond motifs is 4. The molecule has 1 nitrogen and oxygen atoms in total. The average Bonchev–Trinajstić information content (AvgIpc) is 3.74. The monoisotopic (exact) mass is 723 g/mol. The van der Waals surface area contributed by atoms with E-state index in [0.29, 0.717) is 0 Å². The lowest BCUT2D eigenvalue weighted by Gasteiger charge is -2.17. The molecule has 1 aromatic heterocycles. The fourth-order valence-corrected chi connectivity index (χ4v) is 8.68. The third kappa shape index (κ3) is 5.89. The largest absolute Gasteiger partial charge is 0.309 e. The Morgan fingerprint density at radius 2 is 0.614 bits per heavy atom. The Balaban J connectivity index is 1.12. The molecule has 0 N–H and O–H groups in total. The number of aromatic nitrogens is 1. The second-order valence-corrected chi connectivity index (χ2v) is 15.0. The first kappa shape index (κ1) is 32.9. The molecule has 0 aliphatic heterocycles. The Bertz CT molecular complexity index is 3070. The molecule has 0 bridgehead atoms. The van der Waals surface area contributed by atoms with Crippen molar-refractivity contribution in [1.82, 2.24) is 4.57 Å². The maximum absolute atomic E-state index is 2.40. The summed E-state index contributed by atoms with van der Waals surface area (Å²) in [6.45, 7) is 0. The van der Waals surface area contributed by atoms with E-state index in [4.69, 9.17) is 0 Å². The van der Waals surface area contributed by atoms with Crippen molar-refractivity contribution in [3.8, 4) is 61.6 Å². The summed E-state index contributed by atoms with van der Waals surface area (Å²) in [7, 11) is 0. The van der Waals surface area contributed by atoms with Crippen molar-refractivity contribution >= 4 is 43.1 Å². The minimum atomic E-state index is 1.12. The van der Waals surface area contributed by atoms with Gasteiger partial charge in [0.05, 0.1) is 11.4 Å². The van der Waals surface area contributed by atoms with Crippen LogP contribution in [0.3, 0.4) is 0 Å².